The average molecular weight is 265 g/mol. The number of benzene rings is 1. The first-order valence-corrected chi connectivity index (χ1v) is 6.90. The van der Waals surface area contributed by atoms with Crippen molar-refractivity contribution in [1.29, 1.82) is 0 Å². The second kappa shape index (κ2) is 8.40. The number of aromatic carboxylic acids is 1. The summed E-state index contributed by atoms with van der Waals surface area (Å²) < 4.78 is 5.54. The van der Waals surface area contributed by atoms with Crippen LogP contribution in [0.5, 0.6) is 5.75 Å². The summed E-state index contributed by atoms with van der Waals surface area (Å²) in [6.07, 6.45) is 7.21. The van der Waals surface area contributed by atoms with Gasteiger partial charge < -0.3 is 15.6 Å². The fourth-order valence-electron chi connectivity index (χ4n) is 1.88. The number of carbonyl (C=O) groups is 1. The summed E-state index contributed by atoms with van der Waals surface area (Å²) in [5.74, 6) is -0.456. The number of unbranched alkanes of at least 4 members (excludes halogenated alkanes) is 5. The largest absolute Gasteiger partial charge is 0.494 e. The summed E-state index contributed by atoms with van der Waals surface area (Å²) in [6.45, 7) is 2.82. The average Bonchev–Trinajstić information content (AvgIpc) is 2.39. The molecule has 4 nitrogen and oxygen atoms in total. The number of hydrogen-bond acceptors (Lipinski definition) is 3. The Morgan fingerprint density at radius 3 is 2.58 bits per heavy atom. The minimum atomic E-state index is -1.03. The molecule has 4 heteroatoms. The van der Waals surface area contributed by atoms with E-state index in [0.29, 0.717) is 12.4 Å². The van der Waals surface area contributed by atoms with E-state index >= 15 is 0 Å². The lowest BCUT2D eigenvalue weighted by molar-refractivity contribution is 0.0697. The number of ether oxygens (including phenoxy) is 1. The predicted molar refractivity (Wildman–Crippen MR) is 76.7 cm³/mol. The van der Waals surface area contributed by atoms with E-state index in [0.717, 1.165) is 12.8 Å². The summed E-state index contributed by atoms with van der Waals surface area (Å²) in [4.78, 5) is 10.9. The minimum Gasteiger partial charge on any atom is -0.494 e. The highest BCUT2D eigenvalue weighted by Gasteiger charge is 2.08. The maximum Gasteiger partial charge on any atom is 0.337 e. The number of rotatable bonds is 9. The van der Waals surface area contributed by atoms with Crippen LogP contribution < -0.4 is 10.5 Å². The lowest BCUT2D eigenvalue weighted by atomic mass is 10.1. The van der Waals surface area contributed by atoms with Gasteiger partial charge in [-0.2, -0.15) is 0 Å². The topological polar surface area (TPSA) is 72.5 Å². The molecule has 3 N–H and O–H groups in total. The van der Waals surface area contributed by atoms with E-state index in [1.807, 2.05) is 0 Å². The Bertz CT molecular complexity index is 404. The van der Waals surface area contributed by atoms with Crippen LogP contribution >= 0.6 is 0 Å². The maximum absolute atomic E-state index is 10.9. The first-order chi connectivity index (χ1) is 9.15. The molecule has 0 bridgehead atoms. The SMILES string of the molecule is CCCCCCCCOc1ccc(N)c(C(=O)O)c1. The van der Waals surface area contributed by atoms with Gasteiger partial charge in [0.1, 0.15) is 5.75 Å². The molecule has 19 heavy (non-hydrogen) atoms. The second-order valence-electron chi connectivity index (χ2n) is 4.67. The highest BCUT2D eigenvalue weighted by molar-refractivity contribution is 5.94. The smallest absolute Gasteiger partial charge is 0.337 e. The predicted octanol–water partition coefficient (Wildman–Crippen LogP) is 3.71. The molecule has 0 fully saturated rings. The molecular weight excluding hydrogens is 242 g/mol. The van der Waals surface area contributed by atoms with Gasteiger partial charge in [-0.25, -0.2) is 4.79 Å². The van der Waals surface area contributed by atoms with Crippen molar-refractivity contribution in [3.63, 3.8) is 0 Å². The normalized spacial score (nSPS) is 10.4. The van der Waals surface area contributed by atoms with E-state index in [4.69, 9.17) is 15.6 Å². The van der Waals surface area contributed by atoms with E-state index in [9.17, 15) is 4.79 Å². The van der Waals surface area contributed by atoms with Gasteiger partial charge in [-0.1, -0.05) is 39.0 Å². The molecule has 1 rings (SSSR count). The molecule has 1 aromatic rings. The Hall–Kier alpha value is -1.71. The van der Waals surface area contributed by atoms with E-state index in [1.165, 1.54) is 31.7 Å². The van der Waals surface area contributed by atoms with Crippen LogP contribution in [0, 0.1) is 0 Å². The van der Waals surface area contributed by atoms with Crippen LogP contribution in [0.2, 0.25) is 0 Å². The van der Waals surface area contributed by atoms with Crippen LogP contribution in [0.1, 0.15) is 55.8 Å². The molecule has 0 atom stereocenters. The third-order valence-electron chi connectivity index (χ3n) is 3.02. The minimum absolute atomic E-state index is 0.0976. The molecule has 1 aromatic carbocycles. The molecule has 0 aliphatic rings. The summed E-state index contributed by atoms with van der Waals surface area (Å²) in [5.41, 5.74) is 5.94. The molecule has 106 valence electrons. The zero-order chi connectivity index (χ0) is 14.1. The zero-order valence-electron chi connectivity index (χ0n) is 11.5. The summed E-state index contributed by atoms with van der Waals surface area (Å²) in [5, 5.41) is 8.95. The van der Waals surface area contributed by atoms with Crippen molar-refractivity contribution in [3.8, 4) is 5.75 Å². The number of carboxylic acids is 1. The fraction of sp³-hybridized carbons (Fsp3) is 0.533. The van der Waals surface area contributed by atoms with Crippen molar-refractivity contribution in [2.24, 2.45) is 0 Å². The highest BCUT2D eigenvalue weighted by Crippen LogP contribution is 2.20. The van der Waals surface area contributed by atoms with Gasteiger partial charge >= 0.3 is 5.97 Å². The van der Waals surface area contributed by atoms with Gasteiger partial charge in [0.05, 0.1) is 12.2 Å². The molecule has 0 unspecified atom stereocenters. The Balaban J connectivity index is 2.30. The summed E-state index contributed by atoms with van der Waals surface area (Å²) in [7, 11) is 0. The number of nitrogen functional groups attached to an aromatic ring is 1. The molecule has 0 aliphatic carbocycles. The third-order valence-corrected chi connectivity index (χ3v) is 3.02. The van der Waals surface area contributed by atoms with Gasteiger partial charge in [0, 0.05) is 5.69 Å². The number of carboxylic acid groups (broad SMARTS) is 1. The van der Waals surface area contributed by atoms with Gasteiger partial charge in [-0.3, -0.25) is 0 Å². The Morgan fingerprint density at radius 1 is 1.21 bits per heavy atom. The molecule has 0 spiro atoms. The lowest BCUT2D eigenvalue weighted by Crippen LogP contribution is -2.04. The van der Waals surface area contributed by atoms with Crippen LogP contribution in [0.3, 0.4) is 0 Å². The third kappa shape index (κ3) is 5.64. The first kappa shape index (κ1) is 15.3. The van der Waals surface area contributed by atoms with Crippen LogP contribution in [0.15, 0.2) is 18.2 Å². The van der Waals surface area contributed by atoms with Crippen LogP contribution in [0.25, 0.3) is 0 Å². The van der Waals surface area contributed by atoms with Crippen molar-refractivity contribution in [2.45, 2.75) is 45.4 Å². The number of nitrogens with two attached hydrogens (primary N) is 1. The highest BCUT2D eigenvalue weighted by atomic mass is 16.5. The van der Waals surface area contributed by atoms with E-state index in [2.05, 4.69) is 6.92 Å². The molecule has 0 saturated heterocycles. The van der Waals surface area contributed by atoms with Gasteiger partial charge in [-0.05, 0) is 24.6 Å². The molecule has 0 amide bonds. The standard InChI is InChI=1S/C15H23NO3/c1-2-3-4-5-6-7-10-19-12-8-9-14(16)13(11-12)15(17)18/h8-9,11H,2-7,10,16H2,1H3,(H,17,18). The van der Waals surface area contributed by atoms with Gasteiger partial charge in [0.25, 0.3) is 0 Å². The second-order valence-corrected chi connectivity index (χ2v) is 4.67. The van der Waals surface area contributed by atoms with E-state index in [1.54, 1.807) is 12.1 Å². The van der Waals surface area contributed by atoms with Crippen LogP contribution in [-0.4, -0.2) is 17.7 Å². The van der Waals surface area contributed by atoms with E-state index in [-0.39, 0.29) is 11.3 Å². The van der Waals surface area contributed by atoms with Crippen molar-refractivity contribution >= 4 is 11.7 Å². The Labute approximate surface area is 114 Å². The Morgan fingerprint density at radius 2 is 1.89 bits per heavy atom. The molecule has 0 aliphatic heterocycles. The molecular formula is C15H23NO3. The monoisotopic (exact) mass is 265 g/mol. The fourth-order valence-corrected chi connectivity index (χ4v) is 1.88. The molecule has 0 saturated carbocycles. The van der Waals surface area contributed by atoms with Gasteiger partial charge in [0.15, 0.2) is 0 Å². The number of hydrogen-bond donors (Lipinski definition) is 2. The maximum atomic E-state index is 10.9. The first-order valence-electron chi connectivity index (χ1n) is 6.90. The quantitative estimate of drug-likeness (QED) is 0.527. The zero-order valence-corrected chi connectivity index (χ0v) is 11.5. The summed E-state index contributed by atoms with van der Waals surface area (Å²) >= 11 is 0. The van der Waals surface area contributed by atoms with Crippen molar-refractivity contribution in [2.75, 3.05) is 12.3 Å². The van der Waals surface area contributed by atoms with Crippen molar-refractivity contribution < 1.29 is 14.6 Å². The number of anilines is 1. The summed E-state index contributed by atoms with van der Waals surface area (Å²) in [6, 6.07) is 4.76. The Kier molecular flexibility index (Phi) is 6.79. The molecule has 0 heterocycles. The van der Waals surface area contributed by atoms with Crippen LogP contribution in [-0.2, 0) is 0 Å². The van der Waals surface area contributed by atoms with Crippen molar-refractivity contribution in [1.82, 2.24) is 0 Å². The van der Waals surface area contributed by atoms with Gasteiger partial charge in [-0.15, -0.1) is 0 Å². The van der Waals surface area contributed by atoms with Crippen LogP contribution in [0.4, 0.5) is 5.69 Å². The van der Waals surface area contributed by atoms with Gasteiger partial charge in [0.2, 0.25) is 0 Å². The van der Waals surface area contributed by atoms with Crippen molar-refractivity contribution in [3.05, 3.63) is 23.8 Å². The lowest BCUT2D eigenvalue weighted by Gasteiger charge is -2.08. The molecule has 0 radical (unpaired) electrons. The van der Waals surface area contributed by atoms with E-state index < -0.39 is 5.97 Å². The molecule has 0 aromatic heterocycles.